The largest absolute Gasteiger partial charge is 0.381 e. The van der Waals surface area contributed by atoms with E-state index in [4.69, 9.17) is 10.5 Å². The predicted molar refractivity (Wildman–Crippen MR) is 88.3 cm³/mol. The van der Waals surface area contributed by atoms with Gasteiger partial charge in [-0.1, -0.05) is 0 Å². The molecule has 0 aromatic heterocycles. The van der Waals surface area contributed by atoms with Crippen LogP contribution in [0, 0.1) is 5.41 Å². The third kappa shape index (κ3) is 2.96. The first-order chi connectivity index (χ1) is 11.1. The van der Waals surface area contributed by atoms with Crippen LogP contribution in [0.5, 0.6) is 0 Å². The summed E-state index contributed by atoms with van der Waals surface area (Å²) in [5, 5.41) is 3.00. The van der Waals surface area contributed by atoms with Gasteiger partial charge in [-0.3, -0.25) is 9.59 Å². The molecule has 0 aliphatic carbocycles. The van der Waals surface area contributed by atoms with E-state index in [1.165, 1.54) is 0 Å². The molecule has 2 aliphatic rings. The number of hydrogen-bond donors (Lipinski definition) is 2. The summed E-state index contributed by atoms with van der Waals surface area (Å²) in [6.07, 6.45) is 2.12. The van der Waals surface area contributed by atoms with Crippen LogP contribution < -0.4 is 16.0 Å². The maximum Gasteiger partial charge on any atom is 0.232 e. The fourth-order valence-corrected chi connectivity index (χ4v) is 3.36. The van der Waals surface area contributed by atoms with Gasteiger partial charge in [0.2, 0.25) is 11.8 Å². The van der Waals surface area contributed by atoms with E-state index in [0.717, 1.165) is 23.4 Å². The number of amides is 2. The second-order valence-electron chi connectivity index (χ2n) is 6.32. The molecule has 2 heterocycles. The van der Waals surface area contributed by atoms with Gasteiger partial charge in [0.15, 0.2) is 0 Å². The summed E-state index contributed by atoms with van der Waals surface area (Å²) < 4.78 is 5.35. The Morgan fingerprint density at radius 1 is 1.35 bits per heavy atom. The van der Waals surface area contributed by atoms with E-state index in [9.17, 15) is 9.59 Å². The molecule has 3 N–H and O–H groups in total. The van der Waals surface area contributed by atoms with Gasteiger partial charge in [-0.05, 0) is 43.0 Å². The third-order valence-corrected chi connectivity index (χ3v) is 4.94. The number of rotatable bonds is 3. The molecule has 3 rings (SSSR count). The number of hydrogen-bond acceptors (Lipinski definition) is 4. The van der Waals surface area contributed by atoms with Crippen LogP contribution in [-0.2, 0) is 20.7 Å². The highest BCUT2D eigenvalue weighted by Gasteiger charge is 2.38. The van der Waals surface area contributed by atoms with Crippen molar-refractivity contribution in [2.75, 3.05) is 36.5 Å². The van der Waals surface area contributed by atoms with Crippen molar-refractivity contribution >= 4 is 23.2 Å². The second kappa shape index (κ2) is 6.29. The predicted octanol–water partition coefficient (Wildman–Crippen LogP) is 1.29. The van der Waals surface area contributed by atoms with Crippen LogP contribution in [0.4, 0.5) is 11.4 Å². The molecule has 0 saturated carbocycles. The first-order valence-corrected chi connectivity index (χ1v) is 8.06. The Balaban J connectivity index is 1.76. The highest BCUT2D eigenvalue weighted by molar-refractivity contribution is 5.97. The van der Waals surface area contributed by atoms with Gasteiger partial charge in [-0.2, -0.15) is 0 Å². The second-order valence-corrected chi connectivity index (χ2v) is 6.32. The summed E-state index contributed by atoms with van der Waals surface area (Å²) in [4.78, 5) is 26.0. The molecule has 0 radical (unpaired) electrons. The lowest BCUT2D eigenvalue weighted by Crippen LogP contribution is -2.46. The fourth-order valence-electron chi connectivity index (χ4n) is 3.36. The molecule has 0 bridgehead atoms. The van der Waals surface area contributed by atoms with E-state index < -0.39 is 5.41 Å². The average Bonchev–Trinajstić information content (AvgIpc) is 2.98. The minimum Gasteiger partial charge on any atom is -0.381 e. The van der Waals surface area contributed by atoms with Gasteiger partial charge in [0.25, 0.3) is 0 Å². The zero-order chi connectivity index (χ0) is 16.4. The Kier molecular flexibility index (Phi) is 4.37. The van der Waals surface area contributed by atoms with Crippen molar-refractivity contribution in [3.63, 3.8) is 0 Å². The Bertz CT molecular complexity index is 624. The van der Waals surface area contributed by atoms with E-state index in [-0.39, 0.29) is 11.8 Å². The van der Waals surface area contributed by atoms with Gasteiger partial charge in [0, 0.05) is 44.6 Å². The van der Waals surface area contributed by atoms with Gasteiger partial charge < -0.3 is 20.7 Å². The van der Waals surface area contributed by atoms with Gasteiger partial charge >= 0.3 is 0 Å². The molecule has 1 saturated heterocycles. The van der Waals surface area contributed by atoms with E-state index in [0.29, 0.717) is 39.1 Å². The number of nitrogens with zero attached hydrogens (tertiary/aromatic N) is 1. The Morgan fingerprint density at radius 2 is 2.09 bits per heavy atom. The maximum atomic E-state index is 12.7. The molecule has 2 amide bonds. The minimum atomic E-state index is -0.539. The molecule has 6 heteroatoms. The molecule has 0 unspecified atom stereocenters. The van der Waals surface area contributed by atoms with Crippen molar-refractivity contribution in [2.24, 2.45) is 11.1 Å². The normalized spacial score (nSPS) is 19.3. The van der Waals surface area contributed by atoms with Crippen molar-refractivity contribution < 1.29 is 14.3 Å². The molecular formula is C17H23N3O3. The quantitative estimate of drug-likeness (QED) is 0.880. The van der Waals surface area contributed by atoms with E-state index in [1.807, 2.05) is 18.2 Å². The number of carbonyl (C=O) groups is 2. The fraction of sp³-hybridized carbons (Fsp3) is 0.529. The highest BCUT2D eigenvalue weighted by atomic mass is 16.5. The van der Waals surface area contributed by atoms with Crippen molar-refractivity contribution in [1.29, 1.82) is 0 Å². The highest BCUT2D eigenvalue weighted by Crippen LogP contribution is 2.33. The molecule has 2 aliphatic heterocycles. The summed E-state index contributed by atoms with van der Waals surface area (Å²) in [6.45, 7) is 3.74. The monoisotopic (exact) mass is 317 g/mol. The van der Waals surface area contributed by atoms with Crippen molar-refractivity contribution in [1.82, 2.24) is 0 Å². The lowest BCUT2D eigenvalue weighted by Gasteiger charge is -2.34. The topological polar surface area (TPSA) is 84.7 Å². The van der Waals surface area contributed by atoms with Gasteiger partial charge in [0.1, 0.15) is 0 Å². The van der Waals surface area contributed by atoms with Crippen LogP contribution >= 0.6 is 0 Å². The van der Waals surface area contributed by atoms with Crippen LogP contribution in [0.1, 0.15) is 25.3 Å². The summed E-state index contributed by atoms with van der Waals surface area (Å²) >= 11 is 0. The number of anilines is 2. The Morgan fingerprint density at radius 3 is 2.74 bits per heavy atom. The SMILES string of the molecule is CC(=O)N1CCc2cc(NC(=O)C3(CN)CCOCC3)ccc21. The lowest BCUT2D eigenvalue weighted by molar-refractivity contribution is -0.130. The molecule has 0 spiro atoms. The molecule has 1 aromatic carbocycles. The summed E-state index contributed by atoms with van der Waals surface area (Å²) in [5.41, 5.74) is 8.13. The number of fused-ring (bicyclic) bond motifs is 1. The van der Waals surface area contributed by atoms with Gasteiger partial charge in [-0.25, -0.2) is 0 Å². The van der Waals surface area contributed by atoms with E-state index in [2.05, 4.69) is 5.32 Å². The summed E-state index contributed by atoms with van der Waals surface area (Å²) in [5.74, 6) is 0.00879. The molecule has 6 nitrogen and oxygen atoms in total. The number of carbonyl (C=O) groups excluding carboxylic acids is 2. The Hall–Kier alpha value is -1.92. The first kappa shape index (κ1) is 16.0. The lowest BCUT2D eigenvalue weighted by atomic mass is 9.79. The summed E-state index contributed by atoms with van der Waals surface area (Å²) in [7, 11) is 0. The summed E-state index contributed by atoms with van der Waals surface area (Å²) in [6, 6.07) is 5.71. The molecule has 1 aromatic rings. The Labute approximate surface area is 136 Å². The smallest absolute Gasteiger partial charge is 0.232 e. The zero-order valence-electron chi connectivity index (χ0n) is 13.4. The van der Waals surface area contributed by atoms with Crippen molar-refractivity contribution in [3.05, 3.63) is 23.8 Å². The van der Waals surface area contributed by atoms with Crippen LogP contribution in [0.2, 0.25) is 0 Å². The number of ether oxygens (including phenoxy) is 1. The van der Waals surface area contributed by atoms with Crippen LogP contribution in [-0.4, -0.2) is 38.1 Å². The molecule has 124 valence electrons. The standard InChI is InChI=1S/C17H23N3O3/c1-12(21)20-7-4-13-10-14(2-3-15(13)20)19-16(22)17(11-18)5-8-23-9-6-17/h2-3,10H,4-9,11,18H2,1H3,(H,19,22). The molecular weight excluding hydrogens is 294 g/mol. The average molecular weight is 317 g/mol. The third-order valence-electron chi connectivity index (χ3n) is 4.94. The number of nitrogens with one attached hydrogen (secondary N) is 1. The van der Waals surface area contributed by atoms with Crippen LogP contribution in [0.15, 0.2) is 18.2 Å². The van der Waals surface area contributed by atoms with Crippen molar-refractivity contribution in [2.45, 2.75) is 26.2 Å². The van der Waals surface area contributed by atoms with Crippen LogP contribution in [0.3, 0.4) is 0 Å². The van der Waals surface area contributed by atoms with E-state index in [1.54, 1.807) is 11.8 Å². The maximum absolute atomic E-state index is 12.7. The van der Waals surface area contributed by atoms with Crippen molar-refractivity contribution in [3.8, 4) is 0 Å². The molecule has 23 heavy (non-hydrogen) atoms. The van der Waals surface area contributed by atoms with Crippen LogP contribution in [0.25, 0.3) is 0 Å². The van der Waals surface area contributed by atoms with Gasteiger partial charge in [0.05, 0.1) is 5.41 Å². The number of nitrogens with two attached hydrogens (primary N) is 1. The molecule has 0 atom stereocenters. The first-order valence-electron chi connectivity index (χ1n) is 8.06. The van der Waals surface area contributed by atoms with E-state index >= 15 is 0 Å². The zero-order valence-corrected chi connectivity index (χ0v) is 13.4. The molecule has 1 fully saturated rings. The minimum absolute atomic E-state index is 0.0373. The van der Waals surface area contributed by atoms with Gasteiger partial charge in [-0.15, -0.1) is 0 Å². The number of benzene rings is 1.